The van der Waals surface area contributed by atoms with Gasteiger partial charge < -0.3 is 14.7 Å². The smallest absolute Gasteiger partial charge is 0.387 e. The lowest BCUT2D eigenvalue weighted by Gasteiger charge is -2.36. The molecule has 4 nitrogen and oxygen atoms in total. The number of carbonyl (C=O) groups excluding carboxylic acids is 1. The van der Waals surface area contributed by atoms with Gasteiger partial charge in [0.25, 0.3) is 5.91 Å². The van der Waals surface area contributed by atoms with Crippen molar-refractivity contribution in [3.63, 3.8) is 0 Å². The number of hydrogen-bond acceptors (Lipinski definition) is 3. The lowest BCUT2D eigenvalue weighted by molar-refractivity contribution is -0.0503. The van der Waals surface area contributed by atoms with E-state index >= 15 is 0 Å². The van der Waals surface area contributed by atoms with Crippen LogP contribution in [-0.2, 0) is 6.42 Å². The summed E-state index contributed by atoms with van der Waals surface area (Å²) in [5, 5.41) is 10.3. The normalized spacial score (nSPS) is 26.1. The fraction of sp³-hybridized carbons (Fsp3) is 0.409. The molecule has 148 valence electrons. The topological polar surface area (TPSA) is 49.8 Å². The molecule has 2 aromatic rings. The molecule has 28 heavy (non-hydrogen) atoms. The minimum atomic E-state index is -2.99. The minimum absolute atomic E-state index is 0.00738. The van der Waals surface area contributed by atoms with Gasteiger partial charge in [0.1, 0.15) is 5.75 Å². The number of carbonyl (C=O) groups is 1. The number of rotatable bonds is 6. The van der Waals surface area contributed by atoms with Crippen molar-refractivity contribution in [2.45, 2.75) is 44.4 Å². The number of fused-ring (bicyclic) bond motifs is 2. The summed E-state index contributed by atoms with van der Waals surface area (Å²) in [5.41, 5.74) is 0.865. The Morgan fingerprint density at radius 3 is 2.57 bits per heavy atom. The van der Waals surface area contributed by atoms with Gasteiger partial charge in [-0.2, -0.15) is 8.78 Å². The third-order valence-corrected chi connectivity index (χ3v) is 6.13. The molecule has 2 aliphatic rings. The van der Waals surface area contributed by atoms with Crippen molar-refractivity contribution in [3.8, 4) is 5.75 Å². The van der Waals surface area contributed by atoms with Crippen LogP contribution in [0.3, 0.4) is 0 Å². The molecular weight excluding hydrogens is 364 g/mol. The van der Waals surface area contributed by atoms with Gasteiger partial charge in [0, 0.05) is 17.5 Å². The molecule has 0 spiro atoms. The van der Waals surface area contributed by atoms with Crippen molar-refractivity contribution >= 4 is 5.91 Å². The van der Waals surface area contributed by atoms with Crippen LogP contribution in [0.1, 0.15) is 35.2 Å². The number of halogens is 2. The Morgan fingerprint density at radius 1 is 1.14 bits per heavy atom. The lowest BCUT2D eigenvalue weighted by atomic mass is 9.70. The number of alkyl halides is 2. The van der Waals surface area contributed by atoms with Crippen LogP contribution in [-0.4, -0.2) is 41.2 Å². The molecule has 0 aromatic heterocycles. The van der Waals surface area contributed by atoms with Gasteiger partial charge in [0.15, 0.2) is 0 Å². The van der Waals surface area contributed by atoms with Crippen molar-refractivity contribution in [3.05, 3.63) is 65.7 Å². The molecule has 0 aliphatic carbocycles. The molecule has 0 saturated carbocycles. The summed E-state index contributed by atoms with van der Waals surface area (Å²) in [4.78, 5) is 15.1. The molecule has 3 atom stereocenters. The quantitative estimate of drug-likeness (QED) is 0.818. The first-order chi connectivity index (χ1) is 13.5. The largest absolute Gasteiger partial charge is 0.434 e. The fourth-order valence-corrected chi connectivity index (χ4v) is 5.00. The van der Waals surface area contributed by atoms with Crippen LogP contribution in [0.4, 0.5) is 8.78 Å². The minimum Gasteiger partial charge on any atom is -0.434 e. The van der Waals surface area contributed by atoms with Gasteiger partial charge in [0.2, 0.25) is 0 Å². The number of nitrogens with zero attached hydrogens (tertiary/aromatic N) is 1. The van der Waals surface area contributed by atoms with Gasteiger partial charge in [-0.1, -0.05) is 42.5 Å². The first-order valence-electron chi connectivity index (χ1n) is 9.55. The average Bonchev–Trinajstić information content (AvgIpc) is 3.24. The molecule has 2 bridgehead atoms. The Bertz CT molecular complexity index is 845. The highest BCUT2D eigenvalue weighted by Crippen LogP contribution is 2.52. The Labute approximate surface area is 162 Å². The van der Waals surface area contributed by atoms with E-state index in [-0.39, 0.29) is 35.9 Å². The zero-order valence-electron chi connectivity index (χ0n) is 15.4. The van der Waals surface area contributed by atoms with Crippen LogP contribution in [0.25, 0.3) is 0 Å². The standard InChI is InChI=1S/C22H23F2NO3/c23-21(24)28-18-9-5-4-8-17(18)20(27)25-16-10-11-19(25)22(13-16,14-26)12-15-6-2-1-3-7-15/h1-9,16,19,21,26H,10-14H2/t16-,19+,22-/m0/s1. The van der Waals surface area contributed by atoms with Crippen LogP contribution in [0, 0.1) is 5.41 Å². The number of amides is 1. The molecule has 1 amide bonds. The second kappa shape index (κ2) is 7.51. The van der Waals surface area contributed by atoms with Crippen molar-refractivity contribution < 1.29 is 23.4 Å². The van der Waals surface area contributed by atoms with E-state index in [4.69, 9.17) is 0 Å². The molecule has 2 aliphatic heterocycles. The molecule has 2 aromatic carbocycles. The molecule has 1 N–H and O–H groups in total. The van der Waals surface area contributed by atoms with E-state index in [9.17, 15) is 18.7 Å². The number of para-hydroxylation sites is 1. The van der Waals surface area contributed by atoms with Gasteiger partial charge in [-0.05, 0) is 43.4 Å². The molecule has 2 saturated heterocycles. The van der Waals surface area contributed by atoms with Gasteiger partial charge in [-0.15, -0.1) is 0 Å². The zero-order chi connectivity index (χ0) is 19.7. The third kappa shape index (κ3) is 3.26. The molecular formula is C22H23F2NO3. The number of benzene rings is 2. The second-order valence-electron chi connectivity index (χ2n) is 7.72. The summed E-state index contributed by atoms with van der Waals surface area (Å²) in [5.74, 6) is -0.404. The molecule has 2 heterocycles. The highest BCUT2D eigenvalue weighted by Gasteiger charge is 2.57. The number of hydrogen-bond donors (Lipinski definition) is 1. The maximum atomic E-state index is 13.3. The number of ether oxygens (including phenoxy) is 1. The Morgan fingerprint density at radius 2 is 1.86 bits per heavy atom. The number of aliphatic hydroxyl groups is 1. The molecule has 4 rings (SSSR count). The van der Waals surface area contributed by atoms with Gasteiger partial charge in [0.05, 0.1) is 12.2 Å². The monoisotopic (exact) mass is 387 g/mol. The molecule has 0 unspecified atom stereocenters. The highest BCUT2D eigenvalue weighted by atomic mass is 19.3. The van der Waals surface area contributed by atoms with E-state index in [0.29, 0.717) is 12.8 Å². The van der Waals surface area contributed by atoms with Gasteiger partial charge in [-0.3, -0.25) is 4.79 Å². The summed E-state index contributed by atoms with van der Waals surface area (Å²) >= 11 is 0. The first-order valence-corrected chi connectivity index (χ1v) is 9.55. The van der Waals surface area contributed by atoms with Gasteiger partial charge >= 0.3 is 6.61 Å². The average molecular weight is 387 g/mol. The van der Waals surface area contributed by atoms with E-state index in [1.54, 1.807) is 17.0 Å². The van der Waals surface area contributed by atoms with Crippen molar-refractivity contribution in [2.24, 2.45) is 5.41 Å². The van der Waals surface area contributed by atoms with Crippen LogP contribution in [0.2, 0.25) is 0 Å². The van der Waals surface area contributed by atoms with Gasteiger partial charge in [-0.25, -0.2) is 0 Å². The van der Waals surface area contributed by atoms with E-state index < -0.39 is 12.0 Å². The zero-order valence-corrected chi connectivity index (χ0v) is 15.4. The first kappa shape index (κ1) is 18.9. The van der Waals surface area contributed by atoms with Crippen molar-refractivity contribution in [1.29, 1.82) is 0 Å². The van der Waals surface area contributed by atoms with Crippen molar-refractivity contribution in [1.82, 2.24) is 4.90 Å². The second-order valence-corrected chi connectivity index (χ2v) is 7.72. The fourth-order valence-electron chi connectivity index (χ4n) is 5.00. The van der Waals surface area contributed by atoms with Crippen LogP contribution >= 0.6 is 0 Å². The summed E-state index contributed by atoms with van der Waals surface area (Å²) in [6.07, 6.45) is 3.07. The Balaban J connectivity index is 1.62. The maximum absolute atomic E-state index is 13.3. The van der Waals surface area contributed by atoms with Crippen molar-refractivity contribution in [2.75, 3.05) is 6.61 Å². The third-order valence-electron chi connectivity index (χ3n) is 6.13. The molecule has 2 fully saturated rings. The summed E-state index contributed by atoms with van der Waals surface area (Å²) in [6, 6.07) is 16.0. The summed E-state index contributed by atoms with van der Waals surface area (Å²) < 4.78 is 30.1. The Hall–Kier alpha value is -2.47. The highest BCUT2D eigenvalue weighted by molar-refractivity contribution is 5.97. The maximum Gasteiger partial charge on any atom is 0.387 e. The Kier molecular flexibility index (Phi) is 5.06. The van der Waals surface area contributed by atoms with E-state index in [1.807, 2.05) is 30.3 Å². The van der Waals surface area contributed by atoms with E-state index in [0.717, 1.165) is 18.4 Å². The van der Waals surface area contributed by atoms with E-state index in [1.165, 1.54) is 12.1 Å². The predicted octanol–water partition coefficient (Wildman–Crippen LogP) is 3.89. The van der Waals surface area contributed by atoms with Crippen LogP contribution in [0.15, 0.2) is 54.6 Å². The van der Waals surface area contributed by atoms with E-state index in [2.05, 4.69) is 4.74 Å². The SMILES string of the molecule is O=C(c1ccccc1OC(F)F)N1[C@H]2CC[C@@H]1[C@@](CO)(Cc1ccccc1)C2. The molecule has 0 radical (unpaired) electrons. The number of aliphatic hydroxyl groups excluding tert-OH is 1. The predicted molar refractivity (Wildman–Crippen MR) is 100 cm³/mol. The van der Waals surface area contributed by atoms with Crippen LogP contribution < -0.4 is 4.74 Å². The summed E-state index contributed by atoms with van der Waals surface area (Å²) in [6.45, 7) is -3.00. The lowest BCUT2D eigenvalue weighted by Crippen LogP contribution is -2.44. The van der Waals surface area contributed by atoms with Crippen LogP contribution in [0.5, 0.6) is 5.75 Å². The molecule has 6 heteroatoms. The summed E-state index contributed by atoms with van der Waals surface area (Å²) in [7, 11) is 0.